The van der Waals surface area contributed by atoms with Crippen molar-refractivity contribution in [3.63, 3.8) is 0 Å². The van der Waals surface area contributed by atoms with E-state index >= 15 is 4.39 Å². The van der Waals surface area contributed by atoms with Crippen LogP contribution < -0.4 is 24.0 Å². The highest BCUT2D eigenvalue weighted by Crippen LogP contribution is 2.51. The number of amides is 1. The number of methoxy groups -OCH3 is 2. The second kappa shape index (κ2) is 17.5. The van der Waals surface area contributed by atoms with Crippen LogP contribution in [0.15, 0.2) is 54.6 Å². The van der Waals surface area contributed by atoms with E-state index in [1.807, 2.05) is 80.3 Å². The normalized spacial score (nSPS) is 18.1. The Morgan fingerprint density at radius 2 is 1.57 bits per heavy atom. The number of carbonyl (C=O) groups excluding carboxylic acids is 1. The zero-order valence-electron chi connectivity index (χ0n) is 35.2. The second-order valence-corrected chi connectivity index (χ2v) is 17.8. The summed E-state index contributed by atoms with van der Waals surface area (Å²) in [5, 5.41) is 0.365. The maximum atomic E-state index is 17.4. The van der Waals surface area contributed by atoms with E-state index in [-0.39, 0.29) is 68.7 Å². The fraction of sp³-hybridized carbons (Fsp3) is 0.435. The van der Waals surface area contributed by atoms with Crippen LogP contribution >= 0.6 is 34.8 Å². The first-order valence-electron chi connectivity index (χ1n) is 20.8. The first kappa shape index (κ1) is 42.9. The number of hydrogen-bond acceptors (Lipinski definition) is 10. The molecule has 0 N–H and O–H groups in total. The molecule has 3 atom stereocenters. The van der Waals surface area contributed by atoms with Crippen molar-refractivity contribution in [2.24, 2.45) is 0 Å². The molecule has 0 unspecified atom stereocenters. The Labute approximate surface area is 371 Å². The fourth-order valence-electron chi connectivity index (χ4n) is 8.95. The Hall–Kier alpha value is -4.78. The molecule has 3 aromatic carbocycles. The molecular weight excluding hydrogens is 842 g/mol. The number of unbranched alkanes of at least 4 members (excludes halogenated alkanes) is 2. The van der Waals surface area contributed by atoms with Crippen LogP contribution in [0.25, 0.3) is 22.2 Å². The summed E-state index contributed by atoms with van der Waals surface area (Å²) in [6.07, 6.45) is 5.09. The van der Waals surface area contributed by atoms with Crippen molar-refractivity contribution in [3.8, 4) is 28.5 Å². The topological polar surface area (TPSA) is 102 Å². The molecule has 322 valence electrons. The van der Waals surface area contributed by atoms with E-state index in [1.54, 1.807) is 14.2 Å². The van der Waals surface area contributed by atoms with Crippen LogP contribution in [0, 0.1) is 12.7 Å². The molecule has 0 spiro atoms. The maximum absolute atomic E-state index is 17.4. The highest BCUT2D eigenvalue weighted by Gasteiger charge is 2.52. The van der Waals surface area contributed by atoms with Gasteiger partial charge in [-0.3, -0.25) is 4.90 Å². The van der Waals surface area contributed by atoms with Gasteiger partial charge in [0.15, 0.2) is 11.6 Å². The highest BCUT2D eigenvalue weighted by molar-refractivity contribution is 6.39. The number of rotatable bonds is 13. The number of nitrogens with zero attached hydrogens (tertiary/aromatic N) is 6. The number of ether oxygens (including phenoxy) is 4. The van der Waals surface area contributed by atoms with Gasteiger partial charge in [0.2, 0.25) is 5.28 Å². The molecule has 0 saturated carbocycles. The third-order valence-electron chi connectivity index (χ3n) is 12.1. The molecule has 5 aromatic rings. The number of pyridine rings is 1. The smallest absolute Gasteiger partial charge is 0.410 e. The van der Waals surface area contributed by atoms with Crippen molar-refractivity contribution in [2.45, 2.75) is 103 Å². The van der Waals surface area contributed by atoms with Crippen molar-refractivity contribution < 1.29 is 28.1 Å². The van der Waals surface area contributed by atoms with E-state index in [0.717, 1.165) is 61.2 Å². The van der Waals surface area contributed by atoms with Crippen LogP contribution in [0.2, 0.25) is 15.3 Å². The Bertz CT molecular complexity index is 2390. The molecule has 0 radical (unpaired) electrons. The van der Waals surface area contributed by atoms with Gasteiger partial charge >= 0.3 is 6.09 Å². The van der Waals surface area contributed by atoms with Crippen molar-refractivity contribution >= 4 is 63.4 Å². The number of benzene rings is 3. The number of aryl methyl sites for hydroxylation is 1. The summed E-state index contributed by atoms with van der Waals surface area (Å²) in [7, 11) is 3.26. The number of aromatic nitrogens is 3. The minimum atomic E-state index is -0.755. The lowest BCUT2D eigenvalue weighted by molar-refractivity contribution is -0.00899. The van der Waals surface area contributed by atoms with Crippen LogP contribution in [-0.4, -0.2) is 77.0 Å². The van der Waals surface area contributed by atoms with Gasteiger partial charge in [-0.2, -0.15) is 4.98 Å². The standard InChI is InChI=1S/C46H50Cl3FN6O5/c1-7-8-9-20-46(3,4)61-45(57)56-29-14-19-32(56)33-25-60-42-36-41(52-44(49)53-43(36)55(33)24-29)39(50)35(38(42)48)40-37(47)26(2)21-34(51-40)54(22-27-10-15-30(58-5)16-11-27)23-28-12-17-31(59-6)18-13-28/h10-13,15-18,21,29,32-33H,7-9,14,19-20,22-25H2,1-6H3/t29-,32+,33-/m1/s1. The van der Waals surface area contributed by atoms with E-state index in [0.29, 0.717) is 42.2 Å². The Balaban J connectivity index is 1.18. The van der Waals surface area contributed by atoms with Crippen molar-refractivity contribution in [2.75, 3.05) is 37.2 Å². The lowest BCUT2D eigenvalue weighted by atomic mass is 10.0. The first-order chi connectivity index (χ1) is 29.3. The highest BCUT2D eigenvalue weighted by atomic mass is 35.5. The van der Waals surface area contributed by atoms with E-state index in [1.165, 1.54) is 0 Å². The number of fused-ring (bicyclic) bond motifs is 5. The molecule has 15 heteroatoms. The Morgan fingerprint density at radius 1 is 0.918 bits per heavy atom. The zero-order valence-corrected chi connectivity index (χ0v) is 37.5. The van der Waals surface area contributed by atoms with Gasteiger partial charge in [-0.25, -0.2) is 19.2 Å². The average Bonchev–Trinajstić information content (AvgIpc) is 3.47. The molecular formula is C46H50Cl3FN6O5. The molecule has 2 aromatic heterocycles. The zero-order chi connectivity index (χ0) is 43.2. The van der Waals surface area contributed by atoms with E-state index < -0.39 is 11.4 Å². The van der Waals surface area contributed by atoms with Gasteiger partial charge in [0, 0.05) is 19.6 Å². The molecule has 2 bridgehead atoms. The summed E-state index contributed by atoms with van der Waals surface area (Å²) < 4.78 is 41.0. The molecule has 3 aliphatic heterocycles. The van der Waals surface area contributed by atoms with Gasteiger partial charge in [0.05, 0.1) is 59.0 Å². The predicted molar refractivity (Wildman–Crippen MR) is 238 cm³/mol. The molecule has 2 fully saturated rings. The van der Waals surface area contributed by atoms with Crippen molar-refractivity contribution in [3.05, 3.63) is 92.4 Å². The summed E-state index contributed by atoms with van der Waals surface area (Å²) in [5.74, 6) is 1.87. The van der Waals surface area contributed by atoms with Crippen LogP contribution in [0.1, 0.15) is 76.0 Å². The maximum Gasteiger partial charge on any atom is 0.410 e. The first-order valence-corrected chi connectivity index (χ1v) is 21.9. The molecule has 3 aliphatic rings. The number of hydrogen-bond donors (Lipinski definition) is 0. The fourth-order valence-corrected chi connectivity index (χ4v) is 9.62. The lowest BCUT2D eigenvalue weighted by Crippen LogP contribution is -2.63. The van der Waals surface area contributed by atoms with Gasteiger partial charge in [0.25, 0.3) is 0 Å². The number of anilines is 2. The third kappa shape index (κ3) is 8.43. The summed E-state index contributed by atoms with van der Waals surface area (Å²) in [6, 6.07) is 16.7. The summed E-state index contributed by atoms with van der Waals surface area (Å²) in [5.41, 5.74) is 2.05. The van der Waals surface area contributed by atoms with Crippen LogP contribution in [0.3, 0.4) is 0 Å². The molecule has 5 heterocycles. The Kier molecular flexibility index (Phi) is 12.3. The van der Waals surface area contributed by atoms with Crippen molar-refractivity contribution in [1.29, 1.82) is 0 Å². The SMILES string of the molecule is CCCCCC(C)(C)OC(=O)N1[C@@H]2CC[C@H]1[C@H]1COc3c(Cl)c(-c4nc(N(Cc5ccc(OC)cc5)Cc5ccc(OC)cc5)cc(C)c4Cl)c(F)c4nc(Cl)nc(c34)N1C2. The second-order valence-electron chi connectivity index (χ2n) is 16.7. The van der Waals surface area contributed by atoms with Crippen LogP contribution in [0.4, 0.5) is 20.8 Å². The van der Waals surface area contributed by atoms with E-state index in [9.17, 15) is 4.79 Å². The minimum absolute atomic E-state index is 0.0184. The largest absolute Gasteiger partial charge is 0.497 e. The molecule has 61 heavy (non-hydrogen) atoms. The van der Waals surface area contributed by atoms with Crippen LogP contribution in [0.5, 0.6) is 17.2 Å². The molecule has 2 saturated heterocycles. The Morgan fingerprint density at radius 3 is 2.20 bits per heavy atom. The molecule has 1 amide bonds. The van der Waals surface area contributed by atoms with E-state index in [2.05, 4.69) is 26.7 Å². The predicted octanol–water partition coefficient (Wildman–Crippen LogP) is 11.2. The van der Waals surface area contributed by atoms with Gasteiger partial charge in [-0.1, -0.05) is 67.2 Å². The monoisotopic (exact) mass is 890 g/mol. The third-order valence-corrected chi connectivity index (χ3v) is 13.1. The van der Waals surface area contributed by atoms with Gasteiger partial charge in [-0.15, -0.1) is 0 Å². The van der Waals surface area contributed by atoms with Crippen LogP contribution in [-0.2, 0) is 17.8 Å². The minimum Gasteiger partial charge on any atom is -0.497 e. The average molecular weight is 892 g/mol. The lowest BCUT2D eigenvalue weighted by Gasteiger charge is -2.46. The van der Waals surface area contributed by atoms with Gasteiger partial charge < -0.3 is 28.7 Å². The number of carbonyl (C=O) groups is 1. The number of piperazine rings is 1. The van der Waals surface area contributed by atoms with Crippen molar-refractivity contribution in [1.82, 2.24) is 19.9 Å². The quantitative estimate of drug-likeness (QED) is 0.0838. The number of halogens is 4. The molecule has 0 aliphatic carbocycles. The molecule has 11 nitrogen and oxygen atoms in total. The van der Waals surface area contributed by atoms with Gasteiger partial charge in [-0.05, 0) is 105 Å². The van der Waals surface area contributed by atoms with Gasteiger partial charge in [0.1, 0.15) is 40.9 Å². The summed E-state index contributed by atoms with van der Waals surface area (Å²) in [6.45, 7) is 9.40. The summed E-state index contributed by atoms with van der Waals surface area (Å²) in [4.78, 5) is 34.1. The summed E-state index contributed by atoms with van der Waals surface area (Å²) >= 11 is 21.0. The van der Waals surface area contributed by atoms with E-state index in [4.69, 9.17) is 58.7 Å². The molecule has 8 rings (SSSR count).